The SMILES string of the molecule is C=CC(=O)N1CCC[C@H](n2cc(Nc3ncc(C(N)=O)c(Nc4c(C)cc(C(=O)NCCCO)cc4OC)n3)cn2)C1. The van der Waals surface area contributed by atoms with E-state index in [4.69, 9.17) is 15.6 Å². The molecule has 6 N–H and O–H groups in total. The van der Waals surface area contributed by atoms with E-state index in [1.807, 2.05) is 6.20 Å². The maximum atomic E-state index is 12.5. The normalized spacial score (nSPS) is 14.6. The molecule has 3 amide bonds. The number of methoxy groups -OCH3 is 1. The van der Waals surface area contributed by atoms with Gasteiger partial charge in [0.05, 0.1) is 30.7 Å². The molecule has 2 aromatic heterocycles. The molecule has 0 unspecified atom stereocenters. The molecule has 14 heteroatoms. The van der Waals surface area contributed by atoms with Crippen LogP contribution >= 0.6 is 0 Å². The number of likely N-dealkylation sites (tertiary alicyclic amines) is 1. The summed E-state index contributed by atoms with van der Waals surface area (Å²) in [5.74, 6) is -0.467. The fourth-order valence-corrected chi connectivity index (χ4v) is 4.66. The highest BCUT2D eigenvalue weighted by Crippen LogP contribution is 2.33. The average Bonchev–Trinajstić information content (AvgIpc) is 3.46. The highest BCUT2D eigenvalue weighted by atomic mass is 16.5. The minimum absolute atomic E-state index is 0.0174. The molecule has 1 aromatic carbocycles. The molecule has 42 heavy (non-hydrogen) atoms. The second-order valence-electron chi connectivity index (χ2n) is 9.77. The third kappa shape index (κ3) is 7.01. The molecule has 1 aliphatic rings. The van der Waals surface area contributed by atoms with Gasteiger partial charge in [-0.25, -0.2) is 4.98 Å². The van der Waals surface area contributed by atoms with Crippen molar-refractivity contribution in [3.63, 3.8) is 0 Å². The number of nitrogens with zero attached hydrogens (tertiary/aromatic N) is 5. The van der Waals surface area contributed by atoms with Crippen LogP contribution in [0.4, 0.5) is 23.1 Å². The number of carbonyl (C=O) groups excluding carboxylic acids is 3. The Morgan fingerprint density at radius 2 is 2.07 bits per heavy atom. The number of ether oxygens (including phenoxy) is 1. The number of anilines is 4. The molecular weight excluding hydrogens is 542 g/mol. The number of carbonyl (C=O) groups is 3. The van der Waals surface area contributed by atoms with Crippen LogP contribution < -0.4 is 26.4 Å². The van der Waals surface area contributed by atoms with Crippen molar-refractivity contribution in [1.82, 2.24) is 30.0 Å². The standard InChI is InChI=1S/C28H35N9O5/c1-4-23(39)36-9-5-7-20(16-36)37-15-19(13-32-37)33-28-31-14-21(25(29)40)26(35-28)34-24-17(2)11-18(12-22(24)42-3)27(41)30-8-6-10-38/h4,11-15,20,38H,1,5-10,16H2,2-3H3,(H2,29,40)(H,30,41)(H2,31,33,34,35)/t20-/m0/s1. The molecule has 1 aliphatic heterocycles. The van der Waals surface area contributed by atoms with Crippen LogP contribution in [0, 0.1) is 6.92 Å². The number of aromatic nitrogens is 4. The predicted octanol–water partition coefficient (Wildman–Crippen LogP) is 2.04. The van der Waals surface area contributed by atoms with Crippen LogP contribution in [0.2, 0.25) is 0 Å². The van der Waals surface area contributed by atoms with Crippen molar-refractivity contribution in [2.24, 2.45) is 5.73 Å². The van der Waals surface area contributed by atoms with E-state index in [2.05, 4.69) is 37.6 Å². The number of aliphatic hydroxyl groups excluding tert-OH is 1. The summed E-state index contributed by atoms with van der Waals surface area (Å²) in [5.41, 5.74) is 7.79. The van der Waals surface area contributed by atoms with E-state index >= 15 is 0 Å². The first-order valence-electron chi connectivity index (χ1n) is 13.5. The zero-order chi connectivity index (χ0) is 30.2. The molecule has 0 saturated carbocycles. The van der Waals surface area contributed by atoms with E-state index in [1.165, 1.54) is 19.4 Å². The van der Waals surface area contributed by atoms with Gasteiger partial charge in [-0.2, -0.15) is 10.1 Å². The molecule has 0 radical (unpaired) electrons. The maximum Gasteiger partial charge on any atom is 0.254 e. The number of benzene rings is 1. The van der Waals surface area contributed by atoms with Gasteiger partial charge in [-0.15, -0.1) is 0 Å². The fraction of sp³-hybridized carbons (Fsp3) is 0.357. The molecule has 3 heterocycles. The van der Waals surface area contributed by atoms with Crippen LogP contribution in [0.5, 0.6) is 5.75 Å². The second kappa shape index (κ2) is 13.6. The van der Waals surface area contributed by atoms with E-state index in [0.717, 1.165) is 12.8 Å². The Bertz CT molecular complexity index is 1470. The number of nitrogens with one attached hydrogen (secondary N) is 3. The van der Waals surface area contributed by atoms with Crippen molar-refractivity contribution in [3.05, 3.63) is 60.1 Å². The minimum atomic E-state index is -0.732. The number of amides is 3. The van der Waals surface area contributed by atoms with Crippen LogP contribution in [0.3, 0.4) is 0 Å². The maximum absolute atomic E-state index is 12.5. The van der Waals surface area contributed by atoms with Crippen molar-refractivity contribution < 1.29 is 24.2 Å². The average molecular weight is 578 g/mol. The van der Waals surface area contributed by atoms with Crippen LogP contribution in [-0.2, 0) is 4.79 Å². The number of hydrogen-bond donors (Lipinski definition) is 5. The molecular formula is C28H35N9O5. The molecule has 0 bridgehead atoms. The number of primary amides is 1. The summed E-state index contributed by atoms with van der Waals surface area (Å²) < 4.78 is 7.34. The van der Waals surface area contributed by atoms with Gasteiger partial charge >= 0.3 is 0 Å². The van der Waals surface area contributed by atoms with Gasteiger partial charge in [0.25, 0.3) is 11.8 Å². The molecule has 1 saturated heterocycles. The van der Waals surface area contributed by atoms with Gasteiger partial charge in [0.1, 0.15) is 17.1 Å². The van der Waals surface area contributed by atoms with Crippen LogP contribution in [-0.4, -0.2) is 80.8 Å². The summed E-state index contributed by atoms with van der Waals surface area (Å²) in [7, 11) is 1.46. The lowest BCUT2D eigenvalue weighted by Crippen LogP contribution is -2.39. The van der Waals surface area contributed by atoms with Gasteiger partial charge in [-0.1, -0.05) is 6.58 Å². The van der Waals surface area contributed by atoms with E-state index in [9.17, 15) is 14.4 Å². The number of aliphatic hydroxyl groups is 1. The summed E-state index contributed by atoms with van der Waals surface area (Å²) in [6.07, 6.45) is 8.25. The van der Waals surface area contributed by atoms with Crippen molar-refractivity contribution in [1.29, 1.82) is 0 Å². The van der Waals surface area contributed by atoms with Crippen molar-refractivity contribution in [2.45, 2.75) is 32.2 Å². The number of nitrogens with two attached hydrogens (primary N) is 1. The van der Waals surface area contributed by atoms with E-state index in [1.54, 1.807) is 34.8 Å². The first-order chi connectivity index (χ1) is 20.2. The Hall–Kier alpha value is -4.98. The van der Waals surface area contributed by atoms with Crippen LogP contribution in [0.25, 0.3) is 0 Å². The lowest BCUT2D eigenvalue weighted by Gasteiger charge is -2.32. The Morgan fingerprint density at radius 3 is 2.79 bits per heavy atom. The van der Waals surface area contributed by atoms with E-state index < -0.39 is 5.91 Å². The molecule has 3 aromatic rings. The Balaban J connectivity index is 1.55. The van der Waals surface area contributed by atoms with Gasteiger partial charge in [-0.05, 0) is 50.0 Å². The van der Waals surface area contributed by atoms with Gasteiger partial charge in [0.2, 0.25) is 11.9 Å². The predicted molar refractivity (Wildman–Crippen MR) is 156 cm³/mol. The fourth-order valence-electron chi connectivity index (χ4n) is 4.66. The summed E-state index contributed by atoms with van der Waals surface area (Å²) >= 11 is 0. The summed E-state index contributed by atoms with van der Waals surface area (Å²) in [6.45, 7) is 6.89. The number of hydrogen-bond acceptors (Lipinski definition) is 10. The summed E-state index contributed by atoms with van der Waals surface area (Å²) in [5, 5.41) is 22.4. The first-order valence-corrected chi connectivity index (χ1v) is 13.5. The molecule has 1 atom stereocenters. The number of piperidine rings is 1. The molecule has 1 fully saturated rings. The minimum Gasteiger partial charge on any atom is -0.495 e. The first kappa shape index (κ1) is 30.0. The zero-order valence-electron chi connectivity index (χ0n) is 23.6. The van der Waals surface area contributed by atoms with Gasteiger partial charge < -0.3 is 36.4 Å². The molecule has 222 valence electrons. The third-order valence-corrected chi connectivity index (χ3v) is 6.81. The number of aryl methyl sites for hydroxylation is 1. The van der Waals surface area contributed by atoms with E-state index in [-0.39, 0.29) is 41.8 Å². The van der Waals surface area contributed by atoms with Crippen molar-refractivity contribution in [3.8, 4) is 5.75 Å². The van der Waals surface area contributed by atoms with Gasteiger partial charge in [0, 0.05) is 44.2 Å². The summed E-state index contributed by atoms with van der Waals surface area (Å²) in [4.78, 5) is 47.3. The highest BCUT2D eigenvalue weighted by Gasteiger charge is 2.24. The van der Waals surface area contributed by atoms with Crippen molar-refractivity contribution >= 4 is 40.9 Å². The lowest BCUT2D eigenvalue weighted by atomic mass is 10.1. The molecule has 4 rings (SSSR count). The smallest absolute Gasteiger partial charge is 0.254 e. The summed E-state index contributed by atoms with van der Waals surface area (Å²) in [6, 6.07) is 3.26. The Kier molecular flexibility index (Phi) is 9.70. The molecule has 14 nitrogen and oxygen atoms in total. The molecule has 0 spiro atoms. The quantitative estimate of drug-likeness (QED) is 0.157. The Morgan fingerprint density at radius 1 is 1.26 bits per heavy atom. The Labute approximate surface area is 243 Å². The number of rotatable bonds is 12. The van der Waals surface area contributed by atoms with Crippen LogP contribution in [0.1, 0.15) is 51.6 Å². The monoisotopic (exact) mass is 577 g/mol. The second-order valence-corrected chi connectivity index (χ2v) is 9.77. The van der Waals surface area contributed by atoms with Gasteiger partial charge in [0.15, 0.2) is 0 Å². The van der Waals surface area contributed by atoms with Crippen LogP contribution in [0.15, 0.2) is 43.4 Å². The topological polar surface area (TPSA) is 190 Å². The van der Waals surface area contributed by atoms with E-state index in [0.29, 0.717) is 54.3 Å². The lowest BCUT2D eigenvalue weighted by molar-refractivity contribution is -0.127. The van der Waals surface area contributed by atoms with Crippen molar-refractivity contribution in [2.75, 3.05) is 44.0 Å². The zero-order valence-corrected chi connectivity index (χ0v) is 23.6. The third-order valence-electron chi connectivity index (χ3n) is 6.81. The van der Waals surface area contributed by atoms with Gasteiger partial charge in [-0.3, -0.25) is 19.1 Å². The molecule has 0 aliphatic carbocycles. The largest absolute Gasteiger partial charge is 0.495 e. The highest BCUT2D eigenvalue weighted by molar-refractivity contribution is 5.99.